The van der Waals surface area contributed by atoms with Gasteiger partial charge in [0.25, 0.3) is 0 Å². The van der Waals surface area contributed by atoms with E-state index < -0.39 is 0 Å². The van der Waals surface area contributed by atoms with Gasteiger partial charge in [-0.05, 0) is 63.5 Å². The van der Waals surface area contributed by atoms with Crippen molar-refractivity contribution in [1.82, 2.24) is 15.1 Å². The highest BCUT2D eigenvalue weighted by atomic mass is 35.5. The molecular weight excluding hydrogens is 328 g/mol. The van der Waals surface area contributed by atoms with Crippen LogP contribution in [0.5, 0.6) is 0 Å². The summed E-state index contributed by atoms with van der Waals surface area (Å²) in [5.74, 6) is 0. The maximum absolute atomic E-state index is 6.15. The van der Waals surface area contributed by atoms with Crippen molar-refractivity contribution in [3.8, 4) is 0 Å². The number of nitrogens with zero attached hydrogens (tertiary/aromatic N) is 2. The average Bonchev–Trinajstić information content (AvgIpc) is 2.76. The van der Waals surface area contributed by atoms with Crippen LogP contribution in [0.2, 0.25) is 5.02 Å². The first-order valence-corrected chi connectivity index (χ1v) is 8.49. The van der Waals surface area contributed by atoms with Crippen molar-refractivity contribution in [2.75, 3.05) is 11.9 Å². The highest BCUT2D eigenvalue weighted by Gasteiger charge is 2.08. The minimum Gasteiger partial charge on any atom is -0.362 e. The summed E-state index contributed by atoms with van der Waals surface area (Å²) in [6.45, 7) is 9.70. The molecule has 0 aliphatic rings. The number of nitrogens with one attached hydrogen (secondary N) is 2. The molecule has 0 spiro atoms. The van der Waals surface area contributed by atoms with Crippen LogP contribution in [0.15, 0.2) is 18.2 Å². The number of thiocarbonyl (C=S) groups is 1. The number of rotatable bonds is 5. The molecule has 1 aromatic heterocycles. The van der Waals surface area contributed by atoms with Gasteiger partial charge in [0.2, 0.25) is 0 Å². The fourth-order valence-electron chi connectivity index (χ4n) is 2.38. The maximum atomic E-state index is 6.15. The van der Waals surface area contributed by atoms with Crippen molar-refractivity contribution in [3.05, 3.63) is 45.7 Å². The van der Waals surface area contributed by atoms with Crippen LogP contribution in [-0.4, -0.2) is 21.4 Å². The summed E-state index contributed by atoms with van der Waals surface area (Å²) in [7, 11) is 0. The molecule has 0 amide bonds. The Morgan fingerprint density at radius 2 is 2.00 bits per heavy atom. The second-order valence-corrected chi connectivity index (χ2v) is 6.48. The molecule has 2 N–H and O–H groups in total. The molecule has 0 fully saturated rings. The van der Waals surface area contributed by atoms with E-state index in [9.17, 15) is 0 Å². The molecule has 6 heteroatoms. The van der Waals surface area contributed by atoms with Crippen molar-refractivity contribution >= 4 is 34.6 Å². The lowest BCUT2D eigenvalue weighted by Crippen LogP contribution is -2.30. The van der Waals surface area contributed by atoms with Gasteiger partial charge in [-0.25, -0.2) is 0 Å². The van der Waals surface area contributed by atoms with E-state index in [0.717, 1.165) is 41.6 Å². The van der Waals surface area contributed by atoms with Crippen LogP contribution in [0, 0.1) is 27.7 Å². The van der Waals surface area contributed by atoms with Crippen LogP contribution >= 0.6 is 23.8 Å². The van der Waals surface area contributed by atoms with Gasteiger partial charge in [-0.15, -0.1) is 0 Å². The largest absolute Gasteiger partial charge is 0.362 e. The molecule has 0 unspecified atom stereocenters. The lowest BCUT2D eigenvalue weighted by Gasteiger charge is -2.14. The van der Waals surface area contributed by atoms with E-state index in [2.05, 4.69) is 35.6 Å². The second-order valence-electron chi connectivity index (χ2n) is 5.69. The third kappa shape index (κ3) is 4.45. The van der Waals surface area contributed by atoms with E-state index in [1.807, 2.05) is 30.7 Å². The quantitative estimate of drug-likeness (QED) is 0.628. The third-order valence-corrected chi connectivity index (χ3v) is 4.77. The third-order valence-electron chi connectivity index (χ3n) is 3.98. The number of hydrogen-bond donors (Lipinski definition) is 2. The fourth-order valence-corrected chi connectivity index (χ4v) is 2.72. The number of hydrogen-bond acceptors (Lipinski definition) is 2. The topological polar surface area (TPSA) is 41.9 Å². The smallest absolute Gasteiger partial charge is 0.170 e. The Morgan fingerprint density at radius 1 is 1.26 bits per heavy atom. The van der Waals surface area contributed by atoms with E-state index >= 15 is 0 Å². The van der Waals surface area contributed by atoms with Crippen LogP contribution in [-0.2, 0) is 6.54 Å². The zero-order chi connectivity index (χ0) is 17.0. The van der Waals surface area contributed by atoms with Gasteiger partial charge in [0, 0.05) is 18.8 Å². The molecule has 1 heterocycles. The summed E-state index contributed by atoms with van der Waals surface area (Å²) < 4.78 is 1.94. The Hall–Kier alpha value is -1.59. The fraction of sp³-hybridized carbons (Fsp3) is 0.412. The number of halogens is 1. The van der Waals surface area contributed by atoms with E-state index in [1.165, 1.54) is 11.1 Å². The molecule has 0 aliphatic carbocycles. The molecule has 4 nitrogen and oxygen atoms in total. The number of benzene rings is 1. The molecule has 0 saturated carbocycles. The first-order valence-electron chi connectivity index (χ1n) is 7.70. The van der Waals surface area contributed by atoms with Gasteiger partial charge in [0.15, 0.2) is 5.11 Å². The van der Waals surface area contributed by atoms with Crippen molar-refractivity contribution in [2.45, 2.75) is 40.7 Å². The normalized spacial score (nSPS) is 10.7. The van der Waals surface area contributed by atoms with Gasteiger partial charge >= 0.3 is 0 Å². The summed E-state index contributed by atoms with van der Waals surface area (Å²) in [6.07, 6.45) is 0.924. The molecule has 23 heavy (non-hydrogen) atoms. The Kier molecular flexibility index (Phi) is 6.02. The molecule has 0 aliphatic heterocycles. The van der Waals surface area contributed by atoms with Crippen LogP contribution in [0.3, 0.4) is 0 Å². The molecule has 1 aromatic carbocycles. The number of aromatic nitrogens is 2. The first-order chi connectivity index (χ1) is 10.9. The van der Waals surface area contributed by atoms with Crippen molar-refractivity contribution in [3.63, 3.8) is 0 Å². The highest BCUT2D eigenvalue weighted by molar-refractivity contribution is 7.80. The van der Waals surface area contributed by atoms with Crippen LogP contribution < -0.4 is 10.6 Å². The Bertz CT molecular complexity index is 709. The second kappa shape index (κ2) is 7.79. The minimum absolute atomic E-state index is 0.644. The Morgan fingerprint density at radius 3 is 2.65 bits per heavy atom. The molecule has 2 rings (SSSR count). The van der Waals surface area contributed by atoms with Gasteiger partial charge in [0.05, 0.1) is 16.4 Å². The number of aryl methyl sites for hydroxylation is 3. The van der Waals surface area contributed by atoms with Crippen LogP contribution in [0.25, 0.3) is 0 Å². The highest BCUT2D eigenvalue weighted by Crippen LogP contribution is 2.19. The zero-order valence-corrected chi connectivity index (χ0v) is 15.6. The lowest BCUT2D eigenvalue weighted by atomic mass is 10.1. The van der Waals surface area contributed by atoms with E-state index in [-0.39, 0.29) is 0 Å². The maximum Gasteiger partial charge on any atom is 0.170 e. The Labute approximate surface area is 148 Å². The predicted octanol–water partition coefficient (Wildman–Crippen LogP) is 4.15. The van der Waals surface area contributed by atoms with Gasteiger partial charge < -0.3 is 10.6 Å². The van der Waals surface area contributed by atoms with Crippen molar-refractivity contribution in [2.24, 2.45) is 0 Å². The summed E-state index contributed by atoms with van der Waals surface area (Å²) in [5.41, 5.74) is 5.41. The molecule has 0 radical (unpaired) electrons. The molecule has 0 saturated heterocycles. The lowest BCUT2D eigenvalue weighted by molar-refractivity contribution is 0.558. The van der Waals surface area contributed by atoms with Gasteiger partial charge in [0.1, 0.15) is 0 Å². The number of anilines is 1. The molecule has 124 valence electrons. The van der Waals surface area contributed by atoms with Crippen LogP contribution in [0.4, 0.5) is 5.69 Å². The summed E-state index contributed by atoms with van der Waals surface area (Å²) in [5, 5.41) is 12.3. The average molecular weight is 351 g/mol. The minimum atomic E-state index is 0.644. The molecule has 0 bridgehead atoms. The molecule has 0 atom stereocenters. The monoisotopic (exact) mass is 350 g/mol. The van der Waals surface area contributed by atoms with Gasteiger partial charge in [-0.3, -0.25) is 4.68 Å². The summed E-state index contributed by atoms with van der Waals surface area (Å²) in [4.78, 5) is 0. The zero-order valence-electron chi connectivity index (χ0n) is 14.0. The van der Waals surface area contributed by atoms with Crippen molar-refractivity contribution in [1.29, 1.82) is 0 Å². The van der Waals surface area contributed by atoms with Crippen molar-refractivity contribution < 1.29 is 0 Å². The molecular formula is C17H23ClN4S. The SMILES string of the molecule is Cc1cccc(NC(=S)NCCCn2nc(C)c(Cl)c2C)c1C. The van der Waals surface area contributed by atoms with Gasteiger partial charge in [-0.2, -0.15) is 5.10 Å². The van der Waals surface area contributed by atoms with E-state index in [0.29, 0.717) is 5.11 Å². The predicted molar refractivity (Wildman–Crippen MR) is 101 cm³/mol. The van der Waals surface area contributed by atoms with Crippen LogP contribution in [0.1, 0.15) is 28.9 Å². The first kappa shape index (κ1) is 17.8. The van der Waals surface area contributed by atoms with E-state index in [4.69, 9.17) is 23.8 Å². The van der Waals surface area contributed by atoms with Gasteiger partial charge in [-0.1, -0.05) is 23.7 Å². The summed E-state index contributed by atoms with van der Waals surface area (Å²) >= 11 is 11.5. The van der Waals surface area contributed by atoms with E-state index in [1.54, 1.807) is 0 Å². The molecule has 2 aromatic rings. The summed E-state index contributed by atoms with van der Waals surface area (Å²) in [6, 6.07) is 6.16. The standard InChI is InChI=1S/C17H23ClN4S/c1-11-7-5-8-15(12(11)2)20-17(23)19-9-6-10-22-14(4)16(18)13(3)21-22/h5,7-8H,6,9-10H2,1-4H3,(H2,19,20,23). The Balaban J connectivity index is 1.79.